The minimum absolute atomic E-state index is 0.0453. The van der Waals surface area contributed by atoms with Gasteiger partial charge in [-0.1, -0.05) is 26.8 Å². The number of hydrogen-bond acceptors (Lipinski definition) is 4. The van der Waals surface area contributed by atoms with E-state index in [2.05, 4.69) is 0 Å². The molecule has 96 valence electrons. The third-order valence-electron chi connectivity index (χ3n) is 1.49. The quantitative estimate of drug-likeness (QED) is 0.572. The Bertz CT molecular complexity index is 212. The average molecular weight is 232 g/mol. The molecule has 0 saturated carbocycles. The summed E-state index contributed by atoms with van der Waals surface area (Å²) in [5.41, 5.74) is 0.711. The Morgan fingerprint density at radius 3 is 1.94 bits per heavy atom. The molecule has 2 N–H and O–H groups in total. The third-order valence-corrected chi connectivity index (χ3v) is 1.49. The molecule has 0 aliphatic rings. The van der Waals surface area contributed by atoms with Crippen molar-refractivity contribution in [3.8, 4) is 0 Å². The Labute approximate surface area is 97.9 Å². The van der Waals surface area contributed by atoms with Crippen LogP contribution in [0.4, 0.5) is 0 Å². The van der Waals surface area contributed by atoms with Gasteiger partial charge in [0.2, 0.25) is 0 Å². The first-order valence-electron chi connectivity index (χ1n) is 5.30. The van der Waals surface area contributed by atoms with E-state index < -0.39 is 0 Å². The van der Waals surface area contributed by atoms with Crippen molar-refractivity contribution in [2.24, 2.45) is 5.41 Å². The summed E-state index contributed by atoms with van der Waals surface area (Å²) in [5, 5.41) is 15.2. The molecule has 0 bridgehead atoms. The van der Waals surface area contributed by atoms with Gasteiger partial charge in [0, 0.05) is 5.57 Å². The van der Waals surface area contributed by atoms with E-state index in [-0.39, 0.29) is 24.6 Å². The molecule has 0 fully saturated rings. The fourth-order valence-corrected chi connectivity index (χ4v) is 0.514. The van der Waals surface area contributed by atoms with Gasteiger partial charge < -0.3 is 14.9 Å². The maximum atomic E-state index is 11.1. The van der Waals surface area contributed by atoms with Gasteiger partial charge in [0.15, 0.2) is 0 Å². The highest BCUT2D eigenvalue weighted by Crippen LogP contribution is 2.13. The topological polar surface area (TPSA) is 66.8 Å². The van der Waals surface area contributed by atoms with Gasteiger partial charge in [-0.3, -0.25) is 0 Å². The molecule has 0 radical (unpaired) electrons. The van der Waals surface area contributed by atoms with Crippen molar-refractivity contribution in [1.29, 1.82) is 0 Å². The maximum Gasteiger partial charge on any atom is 0.333 e. The monoisotopic (exact) mass is 232 g/mol. The predicted molar refractivity (Wildman–Crippen MR) is 64.0 cm³/mol. The first kappa shape index (κ1) is 17.5. The second-order valence-electron chi connectivity index (χ2n) is 4.56. The molecule has 0 aliphatic carbocycles. The Hall–Kier alpha value is -0.870. The van der Waals surface area contributed by atoms with Gasteiger partial charge in [0.05, 0.1) is 19.8 Å². The molecule has 0 rings (SSSR count). The Balaban J connectivity index is 0. The normalized spacial score (nSPS) is 11.6. The van der Waals surface area contributed by atoms with E-state index in [9.17, 15) is 4.79 Å². The summed E-state index contributed by atoms with van der Waals surface area (Å²) in [5.74, 6) is -0.215. The second-order valence-corrected chi connectivity index (χ2v) is 4.56. The van der Waals surface area contributed by atoms with E-state index in [0.717, 1.165) is 0 Å². The van der Waals surface area contributed by atoms with Crippen LogP contribution in [0.5, 0.6) is 0 Å². The Kier molecular flexibility index (Phi) is 10.3. The molecule has 0 atom stereocenters. The summed E-state index contributed by atoms with van der Waals surface area (Å²) in [7, 11) is 0. The summed E-state index contributed by atoms with van der Waals surface area (Å²) in [6.07, 6.45) is 1.75. The number of allylic oxidation sites excluding steroid dienone is 1. The molecule has 0 aliphatic heterocycles. The number of carbonyl (C=O) groups is 1. The summed E-state index contributed by atoms with van der Waals surface area (Å²) < 4.78 is 5.05. The zero-order valence-corrected chi connectivity index (χ0v) is 10.9. The number of ether oxygens (including phenoxy) is 1. The van der Waals surface area contributed by atoms with Crippen molar-refractivity contribution in [1.82, 2.24) is 0 Å². The average Bonchev–Trinajstić information content (AvgIpc) is 2.24. The molecule has 4 heteroatoms. The summed E-state index contributed by atoms with van der Waals surface area (Å²) >= 11 is 0. The van der Waals surface area contributed by atoms with Crippen molar-refractivity contribution < 1.29 is 19.7 Å². The van der Waals surface area contributed by atoms with Crippen molar-refractivity contribution in [3.05, 3.63) is 11.6 Å². The van der Waals surface area contributed by atoms with Gasteiger partial charge in [-0.2, -0.15) is 0 Å². The highest BCUT2D eigenvalue weighted by atomic mass is 16.5. The van der Waals surface area contributed by atoms with E-state index in [1.807, 2.05) is 27.7 Å². The molecule has 0 aromatic rings. The first-order chi connectivity index (χ1) is 7.28. The minimum Gasteiger partial charge on any atom is -0.462 e. The summed E-state index contributed by atoms with van der Waals surface area (Å²) in [4.78, 5) is 11.1. The standard InChI is InChI=1S/C10H18O2.C2H6O2/c1-6-8(2)9(11)12-7-10(3,4)5;3-1-2-4/h6H,7H2,1-5H3;3-4H,1-2H2/b8-6+;. The van der Waals surface area contributed by atoms with Crippen molar-refractivity contribution in [2.45, 2.75) is 34.6 Å². The van der Waals surface area contributed by atoms with Gasteiger partial charge in [-0.05, 0) is 19.3 Å². The summed E-state index contributed by atoms with van der Waals surface area (Å²) in [6.45, 7) is 9.90. The molecule has 0 spiro atoms. The molecule has 0 aromatic carbocycles. The molecule has 0 heterocycles. The molecule has 0 unspecified atom stereocenters. The van der Waals surface area contributed by atoms with Gasteiger partial charge in [-0.15, -0.1) is 0 Å². The second kappa shape index (κ2) is 9.36. The molecule has 16 heavy (non-hydrogen) atoms. The number of carbonyl (C=O) groups excluding carboxylic acids is 1. The van der Waals surface area contributed by atoms with E-state index in [1.54, 1.807) is 13.0 Å². The van der Waals surface area contributed by atoms with Crippen LogP contribution in [0, 0.1) is 5.41 Å². The molecule has 4 nitrogen and oxygen atoms in total. The van der Waals surface area contributed by atoms with Crippen molar-refractivity contribution >= 4 is 5.97 Å². The lowest BCUT2D eigenvalue weighted by atomic mass is 9.99. The van der Waals surface area contributed by atoms with E-state index in [4.69, 9.17) is 14.9 Å². The van der Waals surface area contributed by atoms with Crippen molar-refractivity contribution in [3.63, 3.8) is 0 Å². The Morgan fingerprint density at radius 1 is 1.25 bits per heavy atom. The van der Waals surface area contributed by atoms with E-state index in [1.165, 1.54) is 0 Å². The lowest BCUT2D eigenvalue weighted by molar-refractivity contribution is -0.141. The third kappa shape index (κ3) is 13.1. The molecule has 0 saturated heterocycles. The Morgan fingerprint density at radius 2 is 1.69 bits per heavy atom. The molecular weight excluding hydrogens is 208 g/mol. The van der Waals surface area contributed by atoms with Gasteiger partial charge in [0.1, 0.15) is 0 Å². The molecule has 0 amide bonds. The van der Waals surface area contributed by atoms with Crippen LogP contribution in [0.3, 0.4) is 0 Å². The van der Waals surface area contributed by atoms with Crippen LogP contribution in [0.25, 0.3) is 0 Å². The lowest BCUT2D eigenvalue weighted by Crippen LogP contribution is -2.18. The summed E-state index contributed by atoms with van der Waals surface area (Å²) in [6, 6.07) is 0. The van der Waals surface area contributed by atoms with Gasteiger partial charge >= 0.3 is 5.97 Å². The fraction of sp³-hybridized carbons (Fsp3) is 0.750. The van der Waals surface area contributed by atoms with Crippen LogP contribution in [-0.4, -0.2) is 36.0 Å². The maximum absolute atomic E-state index is 11.1. The van der Waals surface area contributed by atoms with E-state index >= 15 is 0 Å². The van der Waals surface area contributed by atoms with Crippen LogP contribution < -0.4 is 0 Å². The predicted octanol–water partition coefficient (Wildman–Crippen LogP) is 1.51. The fourth-order valence-electron chi connectivity index (χ4n) is 0.514. The number of aliphatic hydroxyl groups is 2. The number of aliphatic hydroxyl groups excluding tert-OH is 2. The first-order valence-corrected chi connectivity index (χ1v) is 5.30. The zero-order chi connectivity index (χ0) is 13.2. The molecule has 0 aromatic heterocycles. The zero-order valence-electron chi connectivity index (χ0n) is 10.9. The smallest absolute Gasteiger partial charge is 0.333 e. The van der Waals surface area contributed by atoms with Gasteiger partial charge in [0.25, 0.3) is 0 Å². The van der Waals surface area contributed by atoms with Crippen LogP contribution in [-0.2, 0) is 9.53 Å². The molecular formula is C12H24O4. The number of esters is 1. The van der Waals surface area contributed by atoms with Crippen LogP contribution in [0.2, 0.25) is 0 Å². The van der Waals surface area contributed by atoms with Crippen LogP contribution >= 0.6 is 0 Å². The number of hydrogen-bond donors (Lipinski definition) is 2. The number of rotatable bonds is 3. The largest absolute Gasteiger partial charge is 0.462 e. The van der Waals surface area contributed by atoms with E-state index in [0.29, 0.717) is 12.2 Å². The van der Waals surface area contributed by atoms with Crippen molar-refractivity contribution in [2.75, 3.05) is 19.8 Å². The van der Waals surface area contributed by atoms with Crippen LogP contribution in [0.1, 0.15) is 34.6 Å². The highest BCUT2D eigenvalue weighted by molar-refractivity contribution is 5.87. The SMILES string of the molecule is C/C=C(\C)C(=O)OCC(C)(C)C.OCCO. The van der Waals surface area contributed by atoms with Crippen LogP contribution in [0.15, 0.2) is 11.6 Å². The lowest BCUT2D eigenvalue weighted by Gasteiger charge is -2.17. The van der Waals surface area contributed by atoms with Gasteiger partial charge in [-0.25, -0.2) is 4.79 Å². The minimum atomic E-state index is -0.215. The highest BCUT2D eigenvalue weighted by Gasteiger charge is 2.13.